The Morgan fingerprint density at radius 3 is 3.14 bits per heavy atom. The highest BCUT2D eigenvalue weighted by Crippen LogP contribution is 2.30. The normalized spacial score (nSPS) is 13.4. The van der Waals surface area contributed by atoms with Crippen molar-refractivity contribution < 1.29 is 9.21 Å². The standard InChI is InChI=1S/C16H13N3O2S/c1-10-14(18-15(21-10)13-3-2-8-22-13)16(20)19-7-5-11-4-6-17-9-12(11)19/h2-4,6,8-9H,5,7H2,1H3. The number of hydrogen-bond donors (Lipinski definition) is 0. The third-order valence-electron chi connectivity index (χ3n) is 3.76. The highest BCUT2D eigenvalue weighted by atomic mass is 32.1. The predicted octanol–water partition coefficient (Wildman–Crippen LogP) is 3.31. The third kappa shape index (κ3) is 2.03. The number of amides is 1. The van der Waals surface area contributed by atoms with E-state index in [9.17, 15) is 4.79 Å². The molecule has 0 aromatic carbocycles. The van der Waals surface area contributed by atoms with Gasteiger partial charge >= 0.3 is 0 Å². The van der Waals surface area contributed by atoms with Crippen LogP contribution in [0.25, 0.3) is 10.8 Å². The van der Waals surface area contributed by atoms with E-state index in [1.54, 1.807) is 24.2 Å². The summed E-state index contributed by atoms with van der Waals surface area (Å²) in [4.78, 5) is 24.0. The fourth-order valence-electron chi connectivity index (χ4n) is 2.66. The molecule has 0 fully saturated rings. The molecule has 0 unspecified atom stereocenters. The number of carbonyl (C=O) groups is 1. The summed E-state index contributed by atoms with van der Waals surface area (Å²) in [5.41, 5.74) is 2.38. The molecule has 0 spiro atoms. The van der Waals surface area contributed by atoms with E-state index in [0.29, 0.717) is 23.9 Å². The maximum atomic E-state index is 12.8. The Kier molecular flexibility index (Phi) is 3.04. The Hall–Kier alpha value is -2.47. The number of oxazole rings is 1. The number of rotatable bonds is 2. The average molecular weight is 311 g/mol. The molecule has 0 saturated heterocycles. The van der Waals surface area contributed by atoms with Crippen molar-refractivity contribution in [2.45, 2.75) is 13.3 Å². The molecule has 0 radical (unpaired) electrons. The fraction of sp³-hybridized carbons (Fsp3) is 0.188. The van der Waals surface area contributed by atoms with Gasteiger partial charge in [-0.1, -0.05) is 6.07 Å². The van der Waals surface area contributed by atoms with Crippen molar-refractivity contribution in [1.29, 1.82) is 0 Å². The van der Waals surface area contributed by atoms with E-state index in [1.165, 1.54) is 11.3 Å². The van der Waals surface area contributed by atoms with Crippen LogP contribution < -0.4 is 4.90 Å². The van der Waals surface area contributed by atoms with E-state index in [-0.39, 0.29) is 5.91 Å². The van der Waals surface area contributed by atoms with Crippen molar-refractivity contribution in [3.05, 3.63) is 53.0 Å². The largest absolute Gasteiger partial charge is 0.440 e. The second-order valence-corrected chi connectivity index (χ2v) is 6.06. The van der Waals surface area contributed by atoms with E-state index < -0.39 is 0 Å². The molecular weight excluding hydrogens is 298 g/mol. The molecule has 6 heteroatoms. The van der Waals surface area contributed by atoms with Crippen LogP contribution in [0.2, 0.25) is 0 Å². The van der Waals surface area contributed by atoms with Crippen LogP contribution in [-0.4, -0.2) is 22.4 Å². The van der Waals surface area contributed by atoms with Crippen LogP contribution in [0.4, 0.5) is 5.69 Å². The maximum absolute atomic E-state index is 12.8. The van der Waals surface area contributed by atoms with Crippen LogP contribution in [0.3, 0.4) is 0 Å². The highest BCUT2D eigenvalue weighted by molar-refractivity contribution is 7.13. The lowest BCUT2D eigenvalue weighted by atomic mass is 10.2. The zero-order valence-electron chi connectivity index (χ0n) is 11.9. The topological polar surface area (TPSA) is 59.2 Å². The lowest BCUT2D eigenvalue weighted by Crippen LogP contribution is -2.29. The van der Waals surface area contributed by atoms with Gasteiger partial charge in [0.25, 0.3) is 5.91 Å². The highest BCUT2D eigenvalue weighted by Gasteiger charge is 2.29. The zero-order chi connectivity index (χ0) is 15.1. The smallest absolute Gasteiger partial charge is 0.280 e. The van der Waals surface area contributed by atoms with Gasteiger partial charge in [0.05, 0.1) is 16.8 Å². The number of carbonyl (C=O) groups excluding carboxylic acids is 1. The maximum Gasteiger partial charge on any atom is 0.280 e. The van der Waals surface area contributed by atoms with Gasteiger partial charge in [0.15, 0.2) is 5.69 Å². The molecule has 1 amide bonds. The summed E-state index contributed by atoms with van der Waals surface area (Å²) in [5, 5.41) is 1.96. The lowest BCUT2D eigenvalue weighted by Gasteiger charge is -2.15. The number of pyridine rings is 1. The molecule has 1 aliphatic heterocycles. The number of fused-ring (bicyclic) bond motifs is 1. The van der Waals surface area contributed by atoms with E-state index in [2.05, 4.69) is 9.97 Å². The van der Waals surface area contributed by atoms with Gasteiger partial charge in [-0.05, 0) is 36.4 Å². The first-order chi connectivity index (χ1) is 10.7. The molecule has 3 aromatic heterocycles. The summed E-state index contributed by atoms with van der Waals surface area (Å²) in [7, 11) is 0. The van der Waals surface area contributed by atoms with Crippen molar-refractivity contribution in [2.75, 3.05) is 11.4 Å². The molecule has 110 valence electrons. The minimum Gasteiger partial charge on any atom is -0.440 e. The van der Waals surface area contributed by atoms with Crippen LogP contribution in [0.5, 0.6) is 0 Å². The molecule has 3 aromatic rings. The monoisotopic (exact) mass is 311 g/mol. The van der Waals surface area contributed by atoms with Crippen LogP contribution >= 0.6 is 11.3 Å². The average Bonchev–Trinajstić information content (AvgIpc) is 3.25. The summed E-state index contributed by atoms with van der Waals surface area (Å²) < 4.78 is 5.66. The minimum atomic E-state index is -0.129. The number of hydrogen-bond acceptors (Lipinski definition) is 5. The van der Waals surface area contributed by atoms with Gasteiger partial charge in [-0.15, -0.1) is 11.3 Å². The molecule has 0 N–H and O–H groups in total. The number of anilines is 1. The Labute approximate surface area is 131 Å². The van der Waals surface area contributed by atoms with Crippen LogP contribution in [0.15, 0.2) is 40.4 Å². The quantitative estimate of drug-likeness (QED) is 0.728. The first kappa shape index (κ1) is 13.2. The summed E-state index contributed by atoms with van der Waals surface area (Å²) in [6, 6.07) is 5.82. The van der Waals surface area contributed by atoms with Crippen molar-refractivity contribution >= 4 is 22.9 Å². The Balaban J connectivity index is 1.70. The van der Waals surface area contributed by atoms with Gasteiger partial charge in [0.2, 0.25) is 5.89 Å². The Bertz CT molecular complexity index is 839. The predicted molar refractivity (Wildman–Crippen MR) is 84.2 cm³/mol. The van der Waals surface area contributed by atoms with E-state index in [0.717, 1.165) is 22.5 Å². The summed E-state index contributed by atoms with van der Waals surface area (Å²) in [6.45, 7) is 2.43. The first-order valence-corrected chi connectivity index (χ1v) is 7.88. The molecule has 5 nitrogen and oxygen atoms in total. The van der Waals surface area contributed by atoms with Crippen LogP contribution in [-0.2, 0) is 6.42 Å². The molecule has 0 atom stereocenters. The lowest BCUT2D eigenvalue weighted by molar-refractivity contribution is 0.0983. The van der Waals surface area contributed by atoms with Crippen molar-refractivity contribution in [2.24, 2.45) is 0 Å². The number of nitrogens with zero attached hydrogens (tertiary/aromatic N) is 3. The molecular formula is C16H13N3O2S. The van der Waals surface area contributed by atoms with Gasteiger partial charge in [0, 0.05) is 12.7 Å². The van der Waals surface area contributed by atoms with Crippen LogP contribution in [0, 0.1) is 6.92 Å². The minimum absolute atomic E-state index is 0.129. The third-order valence-corrected chi connectivity index (χ3v) is 4.62. The number of aromatic nitrogens is 2. The molecule has 1 aliphatic rings. The second-order valence-electron chi connectivity index (χ2n) is 5.11. The summed E-state index contributed by atoms with van der Waals surface area (Å²) in [6.07, 6.45) is 4.33. The van der Waals surface area contributed by atoms with Gasteiger partial charge < -0.3 is 9.32 Å². The molecule has 0 bridgehead atoms. The molecule has 0 saturated carbocycles. The zero-order valence-corrected chi connectivity index (χ0v) is 12.8. The number of aryl methyl sites for hydroxylation is 1. The SMILES string of the molecule is Cc1oc(-c2cccs2)nc1C(=O)N1CCc2ccncc21. The van der Waals surface area contributed by atoms with E-state index in [1.807, 2.05) is 23.6 Å². The first-order valence-electron chi connectivity index (χ1n) is 7.00. The fourth-order valence-corrected chi connectivity index (χ4v) is 3.31. The molecule has 0 aliphatic carbocycles. The Morgan fingerprint density at radius 2 is 2.32 bits per heavy atom. The molecule has 4 heterocycles. The molecule has 4 rings (SSSR count). The van der Waals surface area contributed by atoms with Crippen molar-refractivity contribution in [1.82, 2.24) is 9.97 Å². The van der Waals surface area contributed by atoms with Gasteiger partial charge in [0.1, 0.15) is 5.76 Å². The number of thiophene rings is 1. The van der Waals surface area contributed by atoms with Crippen LogP contribution in [0.1, 0.15) is 21.8 Å². The van der Waals surface area contributed by atoms with Gasteiger partial charge in [-0.3, -0.25) is 9.78 Å². The van der Waals surface area contributed by atoms with E-state index >= 15 is 0 Å². The summed E-state index contributed by atoms with van der Waals surface area (Å²) >= 11 is 1.54. The summed E-state index contributed by atoms with van der Waals surface area (Å²) in [5.74, 6) is 0.919. The van der Waals surface area contributed by atoms with Gasteiger partial charge in [-0.25, -0.2) is 4.98 Å². The Morgan fingerprint density at radius 1 is 1.41 bits per heavy atom. The molecule has 22 heavy (non-hydrogen) atoms. The van der Waals surface area contributed by atoms with Crippen molar-refractivity contribution in [3.8, 4) is 10.8 Å². The van der Waals surface area contributed by atoms with Gasteiger partial charge in [-0.2, -0.15) is 0 Å². The second kappa shape index (κ2) is 5.06. The van der Waals surface area contributed by atoms with E-state index in [4.69, 9.17) is 4.42 Å². The van der Waals surface area contributed by atoms with Crippen molar-refractivity contribution in [3.63, 3.8) is 0 Å².